The first-order valence-corrected chi connectivity index (χ1v) is 8.14. The number of hydrogen-bond acceptors (Lipinski definition) is 3. The minimum Gasteiger partial charge on any atom is -0.444 e. The van der Waals surface area contributed by atoms with E-state index in [4.69, 9.17) is 4.74 Å². The predicted molar refractivity (Wildman–Crippen MR) is 89.3 cm³/mol. The number of benzene rings is 1. The van der Waals surface area contributed by atoms with Crippen molar-refractivity contribution in [2.45, 2.75) is 52.3 Å². The van der Waals surface area contributed by atoms with Crippen LogP contribution in [0.15, 0.2) is 22.7 Å². The molecule has 124 valence electrons. The van der Waals surface area contributed by atoms with Gasteiger partial charge >= 0.3 is 6.09 Å². The molecule has 0 saturated carbocycles. The van der Waals surface area contributed by atoms with Crippen molar-refractivity contribution in [2.24, 2.45) is 0 Å². The standard InChI is InChI=1S/C16H24BrFN2O2/c1-5-13(20-15(21)22-16(2,3)4)10-19-9-11-8-12(17)6-7-14(11)18/h6-8,13,19H,5,9-10H2,1-4H3,(H,20,21). The van der Waals surface area contributed by atoms with Gasteiger partial charge < -0.3 is 15.4 Å². The first-order valence-electron chi connectivity index (χ1n) is 7.35. The molecule has 0 aliphatic rings. The Balaban J connectivity index is 2.44. The Morgan fingerprint density at radius 1 is 1.41 bits per heavy atom. The van der Waals surface area contributed by atoms with Crippen molar-refractivity contribution in [2.75, 3.05) is 6.54 Å². The van der Waals surface area contributed by atoms with E-state index in [0.717, 1.165) is 10.9 Å². The number of carbonyl (C=O) groups is 1. The number of alkyl carbamates (subject to hydrolysis) is 1. The van der Waals surface area contributed by atoms with Crippen molar-refractivity contribution < 1.29 is 13.9 Å². The summed E-state index contributed by atoms with van der Waals surface area (Å²) < 4.78 is 19.7. The molecule has 1 atom stereocenters. The molecule has 22 heavy (non-hydrogen) atoms. The monoisotopic (exact) mass is 374 g/mol. The van der Waals surface area contributed by atoms with Gasteiger partial charge in [0.05, 0.1) is 0 Å². The zero-order valence-electron chi connectivity index (χ0n) is 13.5. The van der Waals surface area contributed by atoms with Crippen LogP contribution in [0.1, 0.15) is 39.7 Å². The van der Waals surface area contributed by atoms with E-state index < -0.39 is 11.7 Å². The third-order valence-corrected chi connectivity index (χ3v) is 3.42. The van der Waals surface area contributed by atoms with Gasteiger partial charge in [-0.3, -0.25) is 0 Å². The molecule has 0 aliphatic carbocycles. The van der Waals surface area contributed by atoms with Crippen molar-refractivity contribution in [3.8, 4) is 0 Å². The predicted octanol–water partition coefficient (Wildman–Crippen LogP) is 3.98. The van der Waals surface area contributed by atoms with Gasteiger partial charge in [0.2, 0.25) is 0 Å². The number of ether oxygens (including phenoxy) is 1. The molecule has 4 nitrogen and oxygen atoms in total. The van der Waals surface area contributed by atoms with E-state index >= 15 is 0 Å². The van der Waals surface area contributed by atoms with Gasteiger partial charge in [0.15, 0.2) is 0 Å². The van der Waals surface area contributed by atoms with Crippen molar-refractivity contribution in [1.82, 2.24) is 10.6 Å². The number of halogens is 2. The highest BCUT2D eigenvalue weighted by atomic mass is 79.9. The lowest BCUT2D eigenvalue weighted by Gasteiger charge is -2.23. The highest BCUT2D eigenvalue weighted by Crippen LogP contribution is 2.15. The second-order valence-electron chi connectivity index (χ2n) is 6.12. The molecule has 0 heterocycles. The van der Waals surface area contributed by atoms with Crippen LogP contribution in [0, 0.1) is 5.82 Å². The van der Waals surface area contributed by atoms with Crippen molar-refractivity contribution in [1.29, 1.82) is 0 Å². The Hall–Kier alpha value is -1.14. The maximum atomic E-state index is 13.6. The summed E-state index contributed by atoms with van der Waals surface area (Å²) in [5.74, 6) is -0.246. The van der Waals surface area contributed by atoms with Crippen molar-refractivity contribution in [3.63, 3.8) is 0 Å². The number of nitrogens with one attached hydrogen (secondary N) is 2. The summed E-state index contributed by atoms with van der Waals surface area (Å²) in [5, 5.41) is 5.97. The molecule has 0 bridgehead atoms. The van der Waals surface area contributed by atoms with E-state index in [1.807, 2.05) is 27.7 Å². The van der Waals surface area contributed by atoms with Crippen LogP contribution in [-0.4, -0.2) is 24.3 Å². The molecular formula is C16H24BrFN2O2. The molecule has 1 unspecified atom stereocenters. The van der Waals surface area contributed by atoms with Crippen molar-refractivity contribution in [3.05, 3.63) is 34.1 Å². The number of rotatable bonds is 6. The van der Waals surface area contributed by atoms with Crippen LogP contribution in [-0.2, 0) is 11.3 Å². The molecule has 0 spiro atoms. The van der Waals surface area contributed by atoms with Gasteiger partial charge in [0.25, 0.3) is 0 Å². The largest absolute Gasteiger partial charge is 0.444 e. The van der Waals surface area contributed by atoms with Crippen LogP contribution in [0.25, 0.3) is 0 Å². The van der Waals surface area contributed by atoms with Crippen molar-refractivity contribution >= 4 is 22.0 Å². The third kappa shape index (κ3) is 7.22. The van der Waals surface area contributed by atoms with Gasteiger partial charge in [-0.2, -0.15) is 0 Å². The Morgan fingerprint density at radius 2 is 2.09 bits per heavy atom. The Bertz CT molecular complexity index is 503. The number of hydrogen-bond donors (Lipinski definition) is 2. The summed E-state index contributed by atoms with van der Waals surface area (Å²) >= 11 is 3.32. The molecule has 1 amide bonds. The molecule has 0 saturated heterocycles. The molecule has 2 N–H and O–H groups in total. The lowest BCUT2D eigenvalue weighted by Crippen LogP contribution is -2.43. The van der Waals surface area contributed by atoms with Crippen LogP contribution in [0.2, 0.25) is 0 Å². The minimum atomic E-state index is -0.519. The fourth-order valence-corrected chi connectivity index (χ4v) is 2.24. The molecule has 0 aromatic heterocycles. The van der Waals surface area contributed by atoms with Crippen LogP contribution in [0.4, 0.5) is 9.18 Å². The van der Waals surface area contributed by atoms with E-state index in [1.54, 1.807) is 12.1 Å². The second kappa shape index (κ2) is 8.48. The zero-order chi connectivity index (χ0) is 16.8. The van der Waals surface area contributed by atoms with Crippen LogP contribution >= 0.6 is 15.9 Å². The zero-order valence-corrected chi connectivity index (χ0v) is 15.1. The number of carbonyl (C=O) groups excluding carboxylic acids is 1. The van der Waals surface area contributed by atoms with Crippen LogP contribution in [0.5, 0.6) is 0 Å². The average Bonchev–Trinajstić information content (AvgIpc) is 2.39. The van der Waals surface area contributed by atoms with E-state index in [1.165, 1.54) is 6.07 Å². The Labute approximate surface area is 139 Å². The highest BCUT2D eigenvalue weighted by molar-refractivity contribution is 9.10. The molecule has 0 radical (unpaired) electrons. The normalized spacial score (nSPS) is 12.8. The summed E-state index contributed by atoms with van der Waals surface area (Å²) in [4.78, 5) is 11.7. The lowest BCUT2D eigenvalue weighted by atomic mass is 10.2. The molecule has 0 aliphatic heterocycles. The van der Waals surface area contributed by atoms with E-state index in [2.05, 4.69) is 26.6 Å². The molecule has 1 aromatic carbocycles. The SMILES string of the molecule is CCC(CNCc1cc(Br)ccc1F)NC(=O)OC(C)(C)C. The Kier molecular flexibility index (Phi) is 7.29. The first kappa shape index (κ1) is 18.9. The molecule has 6 heteroatoms. The summed E-state index contributed by atoms with van der Waals surface area (Å²) in [6.45, 7) is 8.38. The average molecular weight is 375 g/mol. The topological polar surface area (TPSA) is 50.4 Å². The first-order chi connectivity index (χ1) is 10.2. The van der Waals surface area contributed by atoms with Gasteiger partial charge in [-0.25, -0.2) is 9.18 Å². The van der Waals surface area contributed by atoms with Crippen LogP contribution in [0.3, 0.4) is 0 Å². The van der Waals surface area contributed by atoms with Gasteiger partial charge in [-0.1, -0.05) is 22.9 Å². The fourth-order valence-electron chi connectivity index (χ4n) is 1.83. The molecule has 1 aromatic rings. The molecule has 1 rings (SSSR count). The second-order valence-corrected chi connectivity index (χ2v) is 7.03. The summed E-state index contributed by atoms with van der Waals surface area (Å²) in [6.07, 6.45) is 0.322. The van der Waals surface area contributed by atoms with Gasteiger partial charge in [-0.05, 0) is 45.4 Å². The van der Waals surface area contributed by atoms with Gasteiger partial charge in [0.1, 0.15) is 11.4 Å². The third-order valence-electron chi connectivity index (χ3n) is 2.93. The van der Waals surface area contributed by atoms with Gasteiger partial charge in [0, 0.05) is 29.2 Å². The number of amides is 1. The van der Waals surface area contributed by atoms with Gasteiger partial charge in [-0.15, -0.1) is 0 Å². The minimum absolute atomic E-state index is 0.0648. The summed E-state index contributed by atoms with van der Waals surface area (Å²) in [5.41, 5.74) is 0.0661. The quantitative estimate of drug-likeness (QED) is 0.791. The Morgan fingerprint density at radius 3 is 2.68 bits per heavy atom. The lowest BCUT2D eigenvalue weighted by molar-refractivity contribution is 0.0502. The summed E-state index contributed by atoms with van der Waals surface area (Å²) in [7, 11) is 0. The summed E-state index contributed by atoms with van der Waals surface area (Å²) in [6, 6.07) is 4.77. The maximum Gasteiger partial charge on any atom is 0.407 e. The van der Waals surface area contributed by atoms with E-state index in [-0.39, 0.29) is 11.9 Å². The fraction of sp³-hybridized carbons (Fsp3) is 0.562. The van der Waals surface area contributed by atoms with E-state index in [9.17, 15) is 9.18 Å². The highest BCUT2D eigenvalue weighted by Gasteiger charge is 2.18. The molecule has 0 fully saturated rings. The molecular weight excluding hydrogens is 351 g/mol. The van der Waals surface area contributed by atoms with E-state index in [0.29, 0.717) is 18.7 Å². The van der Waals surface area contributed by atoms with Crippen LogP contribution < -0.4 is 10.6 Å². The smallest absolute Gasteiger partial charge is 0.407 e. The maximum absolute atomic E-state index is 13.6.